The minimum Gasteiger partial charge on any atom is -0.383 e. The zero-order valence-corrected chi connectivity index (χ0v) is 12.7. The third-order valence-corrected chi connectivity index (χ3v) is 3.39. The highest BCUT2D eigenvalue weighted by atomic mass is 16.5. The Hall–Kier alpha value is -2.18. The summed E-state index contributed by atoms with van der Waals surface area (Å²) in [6, 6.07) is 9.61. The van der Waals surface area contributed by atoms with Gasteiger partial charge in [-0.3, -0.25) is 4.79 Å². The van der Waals surface area contributed by atoms with Crippen LogP contribution in [0.2, 0.25) is 0 Å². The molecule has 118 valence electrons. The van der Waals surface area contributed by atoms with Gasteiger partial charge in [-0.05, 0) is 12.0 Å². The van der Waals surface area contributed by atoms with Crippen LogP contribution in [0.3, 0.4) is 0 Å². The highest BCUT2D eigenvalue weighted by molar-refractivity contribution is 5.81. The molecule has 0 aliphatic heterocycles. The molecule has 0 radical (unpaired) electrons. The van der Waals surface area contributed by atoms with E-state index in [1.54, 1.807) is 6.20 Å². The number of hydrogen-bond acceptors (Lipinski definition) is 4. The molecule has 1 atom stereocenters. The van der Waals surface area contributed by atoms with E-state index in [1.165, 1.54) is 12.7 Å². The van der Waals surface area contributed by atoms with Crippen molar-refractivity contribution in [1.29, 1.82) is 0 Å². The lowest BCUT2D eigenvalue weighted by Crippen LogP contribution is -2.43. The summed E-state index contributed by atoms with van der Waals surface area (Å²) >= 11 is 0. The Labute approximate surface area is 130 Å². The van der Waals surface area contributed by atoms with Gasteiger partial charge in [0.1, 0.15) is 11.9 Å². The molecular formula is C16H22N4O2. The number of nitrogens with one attached hydrogen (secondary N) is 1. The Morgan fingerprint density at radius 3 is 2.91 bits per heavy atom. The van der Waals surface area contributed by atoms with Gasteiger partial charge in [0.2, 0.25) is 5.91 Å². The van der Waals surface area contributed by atoms with Gasteiger partial charge >= 0.3 is 0 Å². The first kappa shape index (κ1) is 16.2. The molecule has 0 spiro atoms. The summed E-state index contributed by atoms with van der Waals surface area (Å²) in [6.07, 6.45) is 4.57. The quantitative estimate of drug-likeness (QED) is 0.752. The molecule has 0 fully saturated rings. The lowest BCUT2D eigenvalue weighted by Gasteiger charge is -2.12. The second-order valence-electron chi connectivity index (χ2n) is 5.05. The molecule has 0 saturated carbocycles. The molecule has 22 heavy (non-hydrogen) atoms. The van der Waals surface area contributed by atoms with E-state index < -0.39 is 6.04 Å². The Kier molecular flexibility index (Phi) is 6.12. The third-order valence-electron chi connectivity index (χ3n) is 3.39. The first-order valence-corrected chi connectivity index (χ1v) is 7.27. The molecule has 2 rings (SSSR count). The van der Waals surface area contributed by atoms with Crippen LogP contribution in [0.1, 0.15) is 11.4 Å². The molecule has 0 aliphatic rings. The Bertz CT molecular complexity index is 583. The van der Waals surface area contributed by atoms with E-state index in [0.29, 0.717) is 6.54 Å². The number of hydrogen-bond donors (Lipinski definition) is 2. The molecule has 6 heteroatoms. The maximum absolute atomic E-state index is 11.8. The van der Waals surface area contributed by atoms with Crippen LogP contribution in [0.25, 0.3) is 0 Å². The summed E-state index contributed by atoms with van der Waals surface area (Å²) in [5.41, 5.74) is 6.95. The number of carbonyl (C=O) groups is 1. The second-order valence-corrected chi connectivity index (χ2v) is 5.05. The monoisotopic (exact) mass is 302 g/mol. The van der Waals surface area contributed by atoms with E-state index in [-0.39, 0.29) is 12.5 Å². The number of rotatable bonds is 8. The number of methoxy groups -OCH3 is 1. The summed E-state index contributed by atoms with van der Waals surface area (Å²) in [7, 11) is 1.52. The SMILES string of the molecule is COCC(N)C(=O)NCc1nccn1CCc1ccccc1. The normalized spacial score (nSPS) is 12.1. The average Bonchev–Trinajstić information content (AvgIpc) is 2.99. The summed E-state index contributed by atoms with van der Waals surface area (Å²) in [5.74, 6) is 0.577. The van der Waals surface area contributed by atoms with Crippen LogP contribution in [0.4, 0.5) is 0 Å². The first-order chi connectivity index (χ1) is 10.7. The number of nitrogens with zero attached hydrogens (tertiary/aromatic N) is 2. The van der Waals surface area contributed by atoms with Gasteiger partial charge in [-0.2, -0.15) is 0 Å². The minimum atomic E-state index is -0.655. The number of aromatic nitrogens is 2. The number of benzene rings is 1. The maximum atomic E-state index is 11.8. The lowest BCUT2D eigenvalue weighted by molar-refractivity contribution is -0.123. The molecule has 0 saturated heterocycles. The van der Waals surface area contributed by atoms with Gasteiger partial charge in [0, 0.05) is 26.0 Å². The molecule has 1 heterocycles. The largest absolute Gasteiger partial charge is 0.383 e. The number of carbonyl (C=O) groups excluding carboxylic acids is 1. The molecular weight excluding hydrogens is 280 g/mol. The standard InChI is InChI=1S/C16H22N4O2/c1-22-12-14(17)16(21)19-11-15-18-8-10-20(15)9-7-13-5-3-2-4-6-13/h2-6,8,10,14H,7,9,11-12,17H2,1H3,(H,19,21). The molecule has 1 amide bonds. The van der Waals surface area contributed by atoms with Gasteiger partial charge in [0.05, 0.1) is 13.2 Å². The van der Waals surface area contributed by atoms with Crippen LogP contribution < -0.4 is 11.1 Å². The highest BCUT2D eigenvalue weighted by Gasteiger charge is 2.13. The van der Waals surface area contributed by atoms with Crippen molar-refractivity contribution in [2.45, 2.75) is 25.6 Å². The van der Waals surface area contributed by atoms with E-state index >= 15 is 0 Å². The van der Waals surface area contributed by atoms with Gasteiger partial charge in [-0.15, -0.1) is 0 Å². The molecule has 0 bridgehead atoms. The fraction of sp³-hybridized carbons (Fsp3) is 0.375. The Balaban J connectivity index is 1.86. The number of ether oxygens (including phenoxy) is 1. The molecule has 0 aliphatic carbocycles. The van der Waals surface area contributed by atoms with Gasteiger partial charge in [0.25, 0.3) is 0 Å². The smallest absolute Gasteiger partial charge is 0.239 e. The number of imidazole rings is 1. The zero-order valence-electron chi connectivity index (χ0n) is 12.7. The van der Waals surface area contributed by atoms with Crippen LogP contribution >= 0.6 is 0 Å². The highest BCUT2D eigenvalue weighted by Crippen LogP contribution is 2.04. The molecule has 3 N–H and O–H groups in total. The molecule has 1 unspecified atom stereocenters. The first-order valence-electron chi connectivity index (χ1n) is 7.27. The zero-order chi connectivity index (χ0) is 15.8. The number of aryl methyl sites for hydroxylation is 2. The van der Waals surface area contributed by atoms with Crippen molar-refractivity contribution < 1.29 is 9.53 Å². The van der Waals surface area contributed by atoms with Gasteiger partial charge < -0.3 is 20.4 Å². The van der Waals surface area contributed by atoms with E-state index in [9.17, 15) is 4.79 Å². The summed E-state index contributed by atoms with van der Waals surface area (Å²) < 4.78 is 6.90. The topological polar surface area (TPSA) is 82.2 Å². The maximum Gasteiger partial charge on any atom is 0.239 e. The number of amides is 1. The van der Waals surface area contributed by atoms with Crippen LogP contribution in [0.5, 0.6) is 0 Å². The molecule has 1 aromatic carbocycles. The molecule has 1 aromatic heterocycles. The predicted molar refractivity (Wildman–Crippen MR) is 84.1 cm³/mol. The van der Waals surface area contributed by atoms with Crippen LogP contribution in [0.15, 0.2) is 42.7 Å². The average molecular weight is 302 g/mol. The van der Waals surface area contributed by atoms with Gasteiger partial charge in [0.15, 0.2) is 0 Å². The summed E-state index contributed by atoms with van der Waals surface area (Å²) in [6.45, 7) is 1.38. The summed E-state index contributed by atoms with van der Waals surface area (Å²) in [4.78, 5) is 16.0. The van der Waals surface area contributed by atoms with E-state index in [4.69, 9.17) is 10.5 Å². The van der Waals surface area contributed by atoms with Crippen molar-refractivity contribution in [3.8, 4) is 0 Å². The van der Waals surface area contributed by atoms with Crippen LogP contribution in [-0.4, -0.2) is 35.2 Å². The van der Waals surface area contributed by atoms with Crippen LogP contribution in [-0.2, 0) is 29.0 Å². The fourth-order valence-electron chi connectivity index (χ4n) is 2.16. The third kappa shape index (κ3) is 4.68. The second kappa shape index (κ2) is 8.31. The van der Waals surface area contributed by atoms with Crippen molar-refractivity contribution in [2.75, 3.05) is 13.7 Å². The van der Waals surface area contributed by atoms with Gasteiger partial charge in [-0.25, -0.2) is 4.98 Å². The predicted octanol–water partition coefficient (Wildman–Crippen LogP) is 0.716. The Morgan fingerprint density at radius 2 is 2.18 bits per heavy atom. The minimum absolute atomic E-state index is 0.203. The molecule has 2 aromatic rings. The number of nitrogens with two attached hydrogens (primary N) is 1. The van der Waals surface area contributed by atoms with Gasteiger partial charge in [-0.1, -0.05) is 30.3 Å². The Morgan fingerprint density at radius 1 is 1.41 bits per heavy atom. The van der Waals surface area contributed by atoms with E-state index in [2.05, 4.69) is 22.4 Å². The fourth-order valence-corrected chi connectivity index (χ4v) is 2.16. The van der Waals surface area contributed by atoms with E-state index in [0.717, 1.165) is 18.8 Å². The van der Waals surface area contributed by atoms with Crippen molar-refractivity contribution >= 4 is 5.91 Å². The van der Waals surface area contributed by atoms with Crippen molar-refractivity contribution in [2.24, 2.45) is 5.73 Å². The molecule has 6 nitrogen and oxygen atoms in total. The van der Waals surface area contributed by atoms with Crippen molar-refractivity contribution in [3.63, 3.8) is 0 Å². The lowest BCUT2D eigenvalue weighted by atomic mass is 10.1. The van der Waals surface area contributed by atoms with Crippen molar-refractivity contribution in [1.82, 2.24) is 14.9 Å². The summed E-state index contributed by atoms with van der Waals surface area (Å²) in [5, 5.41) is 2.78. The van der Waals surface area contributed by atoms with Crippen LogP contribution in [0, 0.1) is 0 Å². The van der Waals surface area contributed by atoms with E-state index in [1.807, 2.05) is 29.0 Å². The van der Waals surface area contributed by atoms with Crippen molar-refractivity contribution in [3.05, 3.63) is 54.1 Å².